The third-order valence-electron chi connectivity index (χ3n) is 32.5. The normalized spacial score (nSPS) is 18.2. The number of amides is 5. The summed E-state index contributed by atoms with van der Waals surface area (Å²) < 4.78 is 29.6. The Kier molecular flexibility index (Phi) is 46.9. The van der Waals surface area contributed by atoms with Crippen LogP contribution in [0.15, 0.2) is 152 Å². The number of ketones is 1. The molecular formula is C126H188N14O7S. The second-order valence-corrected chi connectivity index (χ2v) is 48.0. The first-order chi connectivity index (χ1) is 71.2. The number of benzene rings is 7. The van der Waals surface area contributed by atoms with E-state index in [2.05, 4.69) is 307 Å². The van der Waals surface area contributed by atoms with Crippen LogP contribution in [0.25, 0.3) is 5.69 Å². The largest absolute Gasteiger partial charge is 0.352 e. The molecule has 0 atom stereocenters. The van der Waals surface area contributed by atoms with Crippen LogP contribution in [-0.4, -0.2) is 184 Å². The number of urea groups is 1. The van der Waals surface area contributed by atoms with E-state index in [0.717, 1.165) is 149 Å². The number of carbonyl (C=O) groups excluding carboxylic acids is 5. The van der Waals surface area contributed by atoms with Crippen LogP contribution in [0.1, 0.15) is 421 Å². The van der Waals surface area contributed by atoms with Crippen LogP contribution in [0.3, 0.4) is 0 Å². The summed E-state index contributed by atoms with van der Waals surface area (Å²) in [5.74, 6) is 9.29. The zero-order valence-electron chi connectivity index (χ0n) is 93.8. The van der Waals surface area contributed by atoms with E-state index in [0.29, 0.717) is 146 Å². The standard InChI is InChI=1S/C19H30N2O2S.C19H27NO.C18H26N2O.C18H28N2O.C18H24N2.C17H27N3O.C17H26N2O/c1-15(2)17-5-6-19(16-7-9-20-10-8-16)18(13-17)14-24(22,23)21-11-3-4-12-21;1-13(2)16-5-6-18(14-7-9-20-10-8-14)17(11-16)12-19(21)15-3-4-15;1-13(2)15-5-6-16(14-7-9-19-10-8-14)17(12-15)20-11-3-4-18(20)21;1-13(2)15-5-6-17(14-7-9-19-10-8-14)16(11-15)12-18(21)20(3)4;1-14(2)16-5-6-17(15-7-9-19-10-8-15)18(13-16)20-11-3-4-12-20;1-12(2)14-4-5-16(13-6-8-19-9-7-13)15(10-14)11-20-17(21)18-3;1-12(2)15-4-5-17(14-6-8-18-9-7-14)16(10-15)11-19-13(3)20/h5-6,13,15-16,20H,3-4,7-12,14H2,1-2H3;5-6,11,13-15,20H,3-4,7-10,12H2,1-2H3;5-6,12-14,19H,3-4,7-11H2,1-2H3;5-6,11,13-14,19H,7-10,12H2,1-4H3;3-6,11-15,19H,7-10H2,1-2H3;4-5,10,12-13,19H,6-9,11H2,1-3H3,(H2,18,20,21);4-5,10,12,14,18H,6-9,11H2,1-3H3,(H,19,20). The molecule has 10 heterocycles. The maximum Gasteiger partial charge on any atom is 0.314 e. The van der Waals surface area contributed by atoms with Crippen molar-refractivity contribution in [1.82, 2.24) is 66.9 Å². The number of anilines is 1. The molecule has 5 amide bonds. The molecule has 8 aromatic rings. The molecule has 10 aliphatic rings. The molecule has 18 rings (SSSR count). The van der Waals surface area contributed by atoms with Crippen molar-refractivity contribution in [3.63, 3.8) is 0 Å². The van der Waals surface area contributed by atoms with Gasteiger partial charge in [0.1, 0.15) is 5.78 Å². The van der Waals surface area contributed by atoms with Crippen molar-refractivity contribution in [1.29, 1.82) is 0 Å². The summed E-state index contributed by atoms with van der Waals surface area (Å²) in [6.45, 7) is 51.3. The smallest absolute Gasteiger partial charge is 0.314 e. The van der Waals surface area contributed by atoms with Crippen molar-refractivity contribution in [2.75, 3.05) is 137 Å². The van der Waals surface area contributed by atoms with E-state index in [4.69, 9.17) is 0 Å². The first-order valence-corrected chi connectivity index (χ1v) is 59.0. The van der Waals surface area contributed by atoms with Crippen LogP contribution in [0.2, 0.25) is 0 Å². The van der Waals surface area contributed by atoms with Gasteiger partial charge in [0.15, 0.2) is 0 Å². The fourth-order valence-electron chi connectivity index (χ4n) is 22.8. The first-order valence-electron chi connectivity index (χ1n) is 57.4. The molecule has 0 radical (unpaired) electrons. The van der Waals surface area contributed by atoms with E-state index in [9.17, 15) is 32.4 Å². The molecule has 9 aliphatic heterocycles. The van der Waals surface area contributed by atoms with Crippen LogP contribution >= 0.6 is 0 Å². The summed E-state index contributed by atoms with van der Waals surface area (Å²) in [6.07, 6.45) is 27.9. The summed E-state index contributed by atoms with van der Waals surface area (Å²) in [5, 5.41) is 32.5. The van der Waals surface area contributed by atoms with Crippen LogP contribution in [0, 0.1) is 5.92 Å². The lowest BCUT2D eigenvalue weighted by atomic mass is 9.83. The van der Waals surface area contributed by atoms with Gasteiger partial charge in [-0.05, 0) is 426 Å². The van der Waals surface area contributed by atoms with E-state index in [1.54, 1.807) is 23.2 Å². The molecule has 0 spiro atoms. The van der Waals surface area contributed by atoms with Gasteiger partial charge in [0.05, 0.1) is 12.2 Å². The van der Waals surface area contributed by atoms with Crippen molar-refractivity contribution in [2.24, 2.45) is 5.92 Å². The lowest BCUT2D eigenvalue weighted by Crippen LogP contribution is -2.33. The van der Waals surface area contributed by atoms with Gasteiger partial charge in [0.2, 0.25) is 27.7 Å². The molecule has 1 saturated carbocycles. The minimum atomic E-state index is -3.20. The fraction of sp³-hybridized carbons (Fsp3) is 0.595. The number of nitrogens with zero attached hydrogens (tertiary/aromatic N) is 4. The number of aromatic nitrogens is 1. The van der Waals surface area contributed by atoms with Gasteiger partial charge in [0, 0.05) is 103 Å². The Morgan fingerprint density at radius 2 is 0.649 bits per heavy atom. The number of likely N-dealkylation sites (N-methyl/N-ethyl adjacent to an activating group) is 1. The fourth-order valence-corrected chi connectivity index (χ4v) is 24.4. The van der Waals surface area contributed by atoms with E-state index in [-0.39, 0.29) is 23.6 Å². The highest BCUT2D eigenvalue weighted by atomic mass is 32.2. The monoisotopic (exact) mass is 2040 g/mol. The van der Waals surface area contributed by atoms with Crippen molar-refractivity contribution in [3.05, 3.63) is 258 Å². The SMILES string of the molecule is CC(=O)NCc1cc(C(C)C)ccc1C1CCNCC1.CC(C)c1ccc(C2CCNCC2)c(-n2cccc2)c1.CC(C)c1ccc(C2CCNCC2)c(CC(=O)C2CC2)c1.CC(C)c1ccc(C2CCNCC2)c(CC(=O)N(C)C)c1.CC(C)c1ccc(C2CCNCC2)c(CS(=O)(=O)N2CCCC2)c1.CC(C)c1ccc(C2CCNCC2)c(N2CCCC2=O)c1.CNC(=O)NCc1cc(C(C)C)ccc1C1CCNCC1. The van der Waals surface area contributed by atoms with E-state index in [1.165, 1.54) is 189 Å². The summed E-state index contributed by atoms with van der Waals surface area (Å²) in [5.41, 5.74) is 27.8. The highest BCUT2D eigenvalue weighted by Gasteiger charge is 2.35. The number of Topliss-reactive ketones (excluding diaryl/α,β-unsaturated/α-hetero) is 1. The number of hydrogen-bond acceptors (Lipinski definition) is 14. The quantitative estimate of drug-likeness (QED) is 0.0219. The number of hydrogen-bond donors (Lipinski definition) is 10. The first kappa shape index (κ1) is 117. The number of carbonyl (C=O) groups is 5. The highest BCUT2D eigenvalue weighted by Crippen LogP contribution is 2.43. The molecule has 1 aromatic heterocycles. The van der Waals surface area contributed by atoms with Gasteiger partial charge in [-0.25, -0.2) is 17.5 Å². The zero-order chi connectivity index (χ0) is 106. The van der Waals surface area contributed by atoms with Crippen LogP contribution in [0.5, 0.6) is 0 Å². The number of sulfonamides is 1. The van der Waals surface area contributed by atoms with Gasteiger partial charge < -0.3 is 67.5 Å². The average molecular weight is 2040 g/mol. The zero-order valence-corrected chi connectivity index (χ0v) is 94.7. The average Bonchev–Trinajstić information content (AvgIpc) is 1.51. The predicted octanol–water partition coefficient (Wildman–Crippen LogP) is 23.0. The molecule has 148 heavy (non-hydrogen) atoms. The Morgan fingerprint density at radius 3 is 0.966 bits per heavy atom. The van der Waals surface area contributed by atoms with E-state index >= 15 is 0 Å². The Balaban J connectivity index is 0.000000153. The number of nitrogens with one attached hydrogen (secondary N) is 10. The Labute approximate surface area is 892 Å². The predicted molar refractivity (Wildman–Crippen MR) is 615 cm³/mol. The van der Waals surface area contributed by atoms with Gasteiger partial charge in [-0.15, -0.1) is 0 Å². The molecular weight excluding hydrogens is 1850 g/mol. The lowest BCUT2D eigenvalue weighted by Gasteiger charge is -2.29. The van der Waals surface area contributed by atoms with Crippen molar-refractivity contribution in [2.45, 2.75) is 347 Å². The molecule has 21 nitrogen and oxygen atoms in total. The lowest BCUT2D eigenvalue weighted by molar-refractivity contribution is -0.128. The second-order valence-electron chi connectivity index (χ2n) is 46.0. The van der Waals surface area contributed by atoms with E-state index < -0.39 is 10.0 Å². The summed E-state index contributed by atoms with van der Waals surface area (Å²) >= 11 is 0. The molecule has 10 N–H and O–H groups in total. The van der Waals surface area contributed by atoms with Gasteiger partial charge in [0.25, 0.3) is 0 Å². The summed E-state index contributed by atoms with van der Waals surface area (Å²) in [4.78, 5) is 63.0. The molecule has 22 heteroatoms. The summed E-state index contributed by atoms with van der Waals surface area (Å²) in [7, 11) is 2.11. The third kappa shape index (κ3) is 35.2. The highest BCUT2D eigenvalue weighted by molar-refractivity contribution is 7.88. The Hall–Kier alpha value is -9.20. The van der Waals surface area contributed by atoms with Gasteiger partial charge in [-0.2, -0.15) is 0 Å². The summed E-state index contributed by atoms with van der Waals surface area (Å²) in [6, 6.07) is 51.7. The minimum Gasteiger partial charge on any atom is -0.352 e. The third-order valence-corrected chi connectivity index (χ3v) is 34.4. The topological polar surface area (TPSA) is 254 Å². The molecule has 10 fully saturated rings. The molecule has 810 valence electrons. The van der Waals surface area contributed by atoms with Crippen LogP contribution < -0.4 is 58.1 Å². The van der Waals surface area contributed by atoms with Gasteiger partial charge >= 0.3 is 6.03 Å². The Bertz CT molecular complexity index is 5490. The molecule has 7 aromatic carbocycles. The van der Waals surface area contributed by atoms with Crippen LogP contribution in [-0.2, 0) is 60.9 Å². The van der Waals surface area contributed by atoms with E-state index in [1.807, 2.05) is 19.0 Å². The Morgan fingerprint density at radius 1 is 0.358 bits per heavy atom. The number of rotatable bonds is 28. The molecule has 0 bridgehead atoms. The van der Waals surface area contributed by atoms with Crippen molar-refractivity contribution in [3.8, 4) is 5.69 Å². The van der Waals surface area contributed by atoms with Crippen molar-refractivity contribution >= 4 is 45.2 Å². The molecule has 0 unspecified atom stereocenters. The molecule has 9 saturated heterocycles. The van der Waals surface area contributed by atoms with Crippen LogP contribution in [0.4, 0.5) is 10.5 Å². The van der Waals surface area contributed by atoms with Crippen molar-refractivity contribution < 1.29 is 32.4 Å². The maximum absolute atomic E-state index is 12.8. The maximum atomic E-state index is 12.8. The van der Waals surface area contributed by atoms with Gasteiger partial charge in [-0.3, -0.25) is 19.2 Å². The van der Waals surface area contributed by atoms with Gasteiger partial charge in [-0.1, -0.05) is 212 Å². The minimum absolute atomic E-state index is 0.0382. The molecule has 1 aliphatic carbocycles. The number of piperidine rings is 7. The second kappa shape index (κ2) is 59.2.